The smallest absolute Gasteiger partial charge is 0.335 e. The van der Waals surface area contributed by atoms with Gasteiger partial charge in [0.15, 0.2) is 0 Å². The molecule has 9 nitrogen and oxygen atoms in total. The average Bonchev–Trinajstić information content (AvgIpc) is 2.81. The van der Waals surface area contributed by atoms with Gasteiger partial charge in [-0.3, -0.25) is 0 Å². The highest BCUT2D eigenvalue weighted by molar-refractivity contribution is 7.92. The molecule has 0 radical (unpaired) electrons. The van der Waals surface area contributed by atoms with E-state index < -0.39 is 16.0 Å². The Balaban J connectivity index is 1.42. The number of anilines is 1. The standard InChI is InChI=1S/C28H32N4O5S/c1-17-6-4-7-18(2)24(17)22-11-23(37-13-20(29)12-28-14-27(3,15-28)16-28)31-26(30-22)32-38(35,36)21-9-5-8-19(10-21)25(33)34/h4-11,20H,12-16,29H2,1-3H3,(H,33,34)(H,30,31,32)/t20-,27?,28?/m1/s1. The predicted molar refractivity (Wildman–Crippen MR) is 144 cm³/mol. The molecular formula is C28H32N4O5S. The van der Waals surface area contributed by atoms with Gasteiger partial charge in [0.2, 0.25) is 11.8 Å². The molecule has 0 saturated heterocycles. The number of sulfonamides is 1. The third kappa shape index (κ3) is 5.10. The fourth-order valence-corrected chi connectivity index (χ4v) is 7.44. The number of carboxylic acid groups (broad SMARTS) is 1. The van der Waals surface area contributed by atoms with Crippen molar-refractivity contribution >= 4 is 21.9 Å². The fraction of sp³-hybridized carbons (Fsp3) is 0.393. The monoisotopic (exact) mass is 536 g/mol. The normalized spacial score (nSPS) is 22.6. The van der Waals surface area contributed by atoms with Gasteiger partial charge in [-0.2, -0.15) is 4.98 Å². The van der Waals surface area contributed by atoms with E-state index in [4.69, 9.17) is 10.5 Å². The summed E-state index contributed by atoms with van der Waals surface area (Å²) in [5.41, 5.74) is 10.4. The summed E-state index contributed by atoms with van der Waals surface area (Å²) in [6.45, 7) is 6.46. The second kappa shape index (κ2) is 9.36. The quantitative estimate of drug-likeness (QED) is 0.342. The maximum atomic E-state index is 13.1. The summed E-state index contributed by atoms with van der Waals surface area (Å²) in [5.74, 6) is -1.20. The Morgan fingerprint density at radius 3 is 2.39 bits per heavy atom. The third-order valence-electron chi connectivity index (χ3n) is 7.60. The Hall–Kier alpha value is -3.50. The maximum absolute atomic E-state index is 13.1. The summed E-state index contributed by atoms with van der Waals surface area (Å²) in [7, 11) is -4.18. The van der Waals surface area contributed by atoms with Gasteiger partial charge in [0.25, 0.3) is 10.0 Å². The van der Waals surface area contributed by atoms with Crippen LogP contribution >= 0.6 is 0 Å². The third-order valence-corrected chi connectivity index (χ3v) is 8.93. The molecule has 200 valence electrons. The number of nitrogens with two attached hydrogens (primary N) is 1. The van der Waals surface area contributed by atoms with Crippen molar-refractivity contribution in [1.82, 2.24) is 9.97 Å². The summed E-state index contributed by atoms with van der Waals surface area (Å²) >= 11 is 0. The molecule has 2 bridgehead atoms. The highest BCUT2D eigenvalue weighted by Crippen LogP contribution is 2.74. The van der Waals surface area contributed by atoms with E-state index in [9.17, 15) is 18.3 Å². The lowest BCUT2D eigenvalue weighted by Gasteiger charge is -2.70. The molecule has 1 aromatic heterocycles. The minimum absolute atomic E-state index is 0.145. The Bertz CT molecular complexity index is 1480. The van der Waals surface area contributed by atoms with E-state index >= 15 is 0 Å². The number of aromatic nitrogens is 2. The number of benzene rings is 2. The SMILES string of the molecule is Cc1cccc(C)c1-c1cc(OC[C@H](N)CC23CC(C)(C2)C3)nc(NS(=O)(=O)c2cccc(C(=O)O)c2)n1. The van der Waals surface area contributed by atoms with Gasteiger partial charge in [-0.05, 0) is 79.7 Å². The van der Waals surface area contributed by atoms with Crippen molar-refractivity contribution < 1.29 is 23.1 Å². The van der Waals surface area contributed by atoms with Gasteiger partial charge in [0.1, 0.15) is 6.61 Å². The van der Waals surface area contributed by atoms with E-state index in [0.29, 0.717) is 16.5 Å². The first-order chi connectivity index (χ1) is 17.9. The predicted octanol–water partition coefficient (Wildman–Crippen LogP) is 4.55. The number of carbonyl (C=O) groups is 1. The first-order valence-electron chi connectivity index (χ1n) is 12.6. The second-order valence-corrected chi connectivity index (χ2v) is 12.9. The highest BCUT2D eigenvalue weighted by Gasteiger charge is 2.64. The van der Waals surface area contributed by atoms with Crippen molar-refractivity contribution in [3.63, 3.8) is 0 Å². The van der Waals surface area contributed by atoms with Crippen LogP contribution in [0.25, 0.3) is 11.3 Å². The molecule has 3 saturated carbocycles. The molecule has 3 aliphatic carbocycles. The molecule has 1 heterocycles. The number of aryl methyl sites for hydroxylation is 2. The number of ether oxygens (including phenoxy) is 1. The Labute approximate surface area is 222 Å². The first kappa shape index (κ1) is 26.1. The minimum Gasteiger partial charge on any atom is -0.478 e. The topological polar surface area (TPSA) is 144 Å². The Morgan fingerprint density at radius 1 is 1.11 bits per heavy atom. The lowest BCUT2D eigenvalue weighted by molar-refractivity contribution is -0.197. The second-order valence-electron chi connectivity index (χ2n) is 11.2. The molecule has 3 aromatic rings. The maximum Gasteiger partial charge on any atom is 0.335 e. The van der Waals surface area contributed by atoms with Gasteiger partial charge in [0, 0.05) is 17.7 Å². The molecule has 3 fully saturated rings. The van der Waals surface area contributed by atoms with Crippen molar-refractivity contribution in [2.24, 2.45) is 16.6 Å². The number of rotatable bonds is 10. The van der Waals surface area contributed by atoms with E-state index in [1.165, 1.54) is 37.5 Å². The van der Waals surface area contributed by atoms with Crippen LogP contribution in [0.15, 0.2) is 53.4 Å². The number of carboxylic acids is 1. The van der Waals surface area contributed by atoms with Crippen LogP contribution in [0.1, 0.15) is 54.1 Å². The summed E-state index contributed by atoms with van der Waals surface area (Å²) < 4.78 is 34.6. The molecule has 10 heteroatoms. The van der Waals surface area contributed by atoms with Crippen molar-refractivity contribution in [3.05, 3.63) is 65.2 Å². The number of hydrogen-bond donors (Lipinski definition) is 3. The van der Waals surface area contributed by atoms with Crippen LogP contribution < -0.4 is 15.2 Å². The molecule has 0 amide bonds. The van der Waals surface area contributed by atoms with Gasteiger partial charge >= 0.3 is 5.97 Å². The molecule has 3 aliphatic rings. The van der Waals surface area contributed by atoms with E-state index in [2.05, 4.69) is 21.6 Å². The molecule has 1 atom stereocenters. The molecule has 2 aromatic carbocycles. The van der Waals surface area contributed by atoms with Crippen LogP contribution in [0.2, 0.25) is 0 Å². The van der Waals surface area contributed by atoms with E-state index in [1.54, 1.807) is 6.07 Å². The molecule has 0 aliphatic heterocycles. The van der Waals surface area contributed by atoms with Crippen LogP contribution in [0.5, 0.6) is 5.88 Å². The van der Waals surface area contributed by atoms with Gasteiger partial charge < -0.3 is 15.6 Å². The molecule has 0 spiro atoms. The van der Waals surface area contributed by atoms with Crippen molar-refractivity contribution in [3.8, 4) is 17.1 Å². The first-order valence-corrected chi connectivity index (χ1v) is 14.1. The van der Waals surface area contributed by atoms with E-state index in [0.717, 1.165) is 29.2 Å². The highest BCUT2D eigenvalue weighted by atomic mass is 32.2. The number of nitrogens with one attached hydrogen (secondary N) is 1. The van der Waals surface area contributed by atoms with E-state index in [-0.39, 0.29) is 34.9 Å². The molecule has 4 N–H and O–H groups in total. The van der Waals surface area contributed by atoms with Crippen molar-refractivity contribution in [2.75, 3.05) is 11.3 Å². The summed E-state index contributed by atoms with van der Waals surface area (Å²) in [5, 5.41) is 9.26. The number of aromatic carboxylic acids is 1. The zero-order chi connectivity index (χ0) is 27.3. The lowest BCUT2D eigenvalue weighted by atomic mass is 9.35. The molecule has 0 unspecified atom stereocenters. The number of nitrogens with zero attached hydrogens (tertiary/aromatic N) is 2. The number of hydrogen-bond acceptors (Lipinski definition) is 7. The minimum atomic E-state index is -4.18. The van der Waals surface area contributed by atoms with Crippen LogP contribution in [0, 0.1) is 24.7 Å². The van der Waals surface area contributed by atoms with Gasteiger partial charge in [0.05, 0.1) is 16.2 Å². The summed E-state index contributed by atoms with van der Waals surface area (Å²) in [6.07, 6.45) is 4.53. The van der Waals surface area contributed by atoms with Gasteiger partial charge in [-0.1, -0.05) is 31.2 Å². The van der Waals surface area contributed by atoms with Crippen LogP contribution in [-0.2, 0) is 10.0 Å². The zero-order valence-corrected chi connectivity index (χ0v) is 22.5. The van der Waals surface area contributed by atoms with Crippen LogP contribution in [0.3, 0.4) is 0 Å². The van der Waals surface area contributed by atoms with Gasteiger partial charge in [-0.25, -0.2) is 22.9 Å². The molecule has 38 heavy (non-hydrogen) atoms. The zero-order valence-electron chi connectivity index (χ0n) is 21.7. The van der Waals surface area contributed by atoms with Crippen LogP contribution in [-0.4, -0.2) is 42.1 Å². The lowest BCUT2D eigenvalue weighted by Crippen LogP contribution is -2.61. The average molecular weight is 537 g/mol. The molecule has 6 rings (SSSR count). The molecular weight excluding hydrogens is 504 g/mol. The summed E-state index contributed by atoms with van der Waals surface area (Å²) in [6, 6.07) is 12.4. The Kier molecular flexibility index (Phi) is 6.43. The Morgan fingerprint density at radius 2 is 1.76 bits per heavy atom. The largest absolute Gasteiger partial charge is 0.478 e. The van der Waals surface area contributed by atoms with Crippen LogP contribution in [0.4, 0.5) is 5.95 Å². The van der Waals surface area contributed by atoms with Crippen molar-refractivity contribution in [1.29, 1.82) is 0 Å². The van der Waals surface area contributed by atoms with E-state index in [1.807, 2.05) is 32.0 Å². The van der Waals surface area contributed by atoms with Crippen molar-refractivity contribution in [2.45, 2.75) is 57.4 Å². The fourth-order valence-electron chi connectivity index (χ4n) is 6.45. The van der Waals surface area contributed by atoms with Gasteiger partial charge in [-0.15, -0.1) is 0 Å². The summed E-state index contributed by atoms with van der Waals surface area (Å²) in [4.78, 5) is 19.9.